The smallest absolute Gasteiger partial charge is 0.335 e. The molecule has 1 saturated heterocycles. The average molecular weight is 265 g/mol. The van der Waals surface area contributed by atoms with Crippen LogP contribution in [-0.4, -0.2) is 48.0 Å². The van der Waals surface area contributed by atoms with Crippen molar-refractivity contribution in [3.05, 3.63) is 29.8 Å². The van der Waals surface area contributed by atoms with Gasteiger partial charge in [0.05, 0.1) is 17.8 Å². The van der Waals surface area contributed by atoms with Gasteiger partial charge in [-0.15, -0.1) is 0 Å². The molecule has 0 aliphatic carbocycles. The van der Waals surface area contributed by atoms with Gasteiger partial charge in [-0.1, -0.05) is 6.07 Å². The van der Waals surface area contributed by atoms with E-state index in [0.29, 0.717) is 12.5 Å². The van der Waals surface area contributed by atoms with Crippen LogP contribution in [-0.2, 0) is 4.74 Å². The van der Waals surface area contributed by atoms with Crippen LogP contribution in [0.2, 0.25) is 0 Å². The summed E-state index contributed by atoms with van der Waals surface area (Å²) in [5.41, 5.74) is 0.237. The van der Waals surface area contributed by atoms with Crippen LogP contribution in [0.1, 0.15) is 24.2 Å². The second-order valence-corrected chi connectivity index (χ2v) is 4.90. The summed E-state index contributed by atoms with van der Waals surface area (Å²) in [5, 5.41) is 8.91. The van der Waals surface area contributed by atoms with Crippen molar-refractivity contribution in [2.24, 2.45) is 0 Å². The molecule has 5 heteroatoms. The standard InChI is InChI=1S/C14H19NO4/c1-10-7-15(8-11(2)19-10)9-18-13-5-3-4-12(6-13)14(16)17/h3-6,10-11H,7-9H2,1-2H3,(H,16,17). The molecule has 0 spiro atoms. The molecule has 0 amide bonds. The van der Waals surface area contributed by atoms with Gasteiger partial charge in [0, 0.05) is 13.1 Å². The Morgan fingerprint density at radius 3 is 2.74 bits per heavy atom. The maximum absolute atomic E-state index is 10.9. The Labute approximate surface area is 112 Å². The van der Waals surface area contributed by atoms with E-state index in [1.165, 1.54) is 6.07 Å². The summed E-state index contributed by atoms with van der Waals surface area (Å²) in [6, 6.07) is 6.53. The number of aromatic carboxylic acids is 1. The molecule has 2 rings (SSSR count). The second kappa shape index (κ2) is 6.04. The predicted octanol–water partition coefficient (Wildman–Crippen LogP) is 1.83. The van der Waals surface area contributed by atoms with E-state index in [-0.39, 0.29) is 17.8 Å². The summed E-state index contributed by atoms with van der Waals surface area (Å²) in [7, 11) is 0. The van der Waals surface area contributed by atoms with Crippen LogP contribution in [0.4, 0.5) is 0 Å². The summed E-state index contributed by atoms with van der Waals surface area (Å²) in [5.74, 6) is -0.370. The van der Waals surface area contributed by atoms with Crippen LogP contribution < -0.4 is 4.74 Å². The Morgan fingerprint density at radius 1 is 1.42 bits per heavy atom. The molecule has 1 N–H and O–H groups in total. The van der Waals surface area contributed by atoms with Gasteiger partial charge in [-0.05, 0) is 32.0 Å². The van der Waals surface area contributed by atoms with Crippen LogP contribution in [0.25, 0.3) is 0 Å². The number of benzene rings is 1. The summed E-state index contributed by atoms with van der Waals surface area (Å²) < 4.78 is 11.3. The zero-order chi connectivity index (χ0) is 13.8. The van der Waals surface area contributed by atoms with Gasteiger partial charge >= 0.3 is 5.97 Å². The molecular formula is C14H19NO4. The fourth-order valence-corrected chi connectivity index (χ4v) is 2.27. The van der Waals surface area contributed by atoms with E-state index in [2.05, 4.69) is 4.90 Å². The topological polar surface area (TPSA) is 59.0 Å². The number of hydrogen-bond donors (Lipinski definition) is 1. The van der Waals surface area contributed by atoms with Crippen molar-refractivity contribution in [3.8, 4) is 5.75 Å². The van der Waals surface area contributed by atoms with Gasteiger partial charge in [-0.2, -0.15) is 0 Å². The van der Waals surface area contributed by atoms with Gasteiger partial charge in [0.1, 0.15) is 12.5 Å². The van der Waals surface area contributed by atoms with Gasteiger partial charge in [-0.25, -0.2) is 4.79 Å². The van der Waals surface area contributed by atoms with Gasteiger partial charge in [0.2, 0.25) is 0 Å². The third-order valence-corrected chi connectivity index (χ3v) is 2.99. The third-order valence-electron chi connectivity index (χ3n) is 2.99. The Hall–Kier alpha value is -1.59. The highest BCUT2D eigenvalue weighted by Crippen LogP contribution is 2.15. The first kappa shape index (κ1) is 13.8. The molecule has 2 unspecified atom stereocenters. The molecular weight excluding hydrogens is 246 g/mol. The summed E-state index contributed by atoms with van der Waals surface area (Å²) in [6.45, 7) is 6.16. The molecule has 1 aromatic carbocycles. The molecule has 1 aliphatic heterocycles. The lowest BCUT2D eigenvalue weighted by atomic mass is 10.2. The highest BCUT2D eigenvalue weighted by atomic mass is 16.5. The third kappa shape index (κ3) is 3.94. The molecule has 104 valence electrons. The SMILES string of the molecule is CC1CN(COc2cccc(C(=O)O)c2)CC(C)O1. The van der Waals surface area contributed by atoms with E-state index in [4.69, 9.17) is 14.6 Å². The van der Waals surface area contributed by atoms with E-state index in [1.807, 2.05) is 13.8 Å². The predicted molar refractivity (Wildman–Crippen MR) is 70.5 cm³/mol. The zero-order valence-electron chi connectivity index (χ0n) is 11.2. The number of carboxylic acids is 1. The lowest BCUT2D eigenvalue weighted by molar-refractivity contribution is -0.0845. The van der Waals surface area contributed by atoms with Crippen molar-refractivity contribution in [1.29, 1.82) is 0 Å². The molecule has 0 radical (unpaired) electrons. The monoisotopic (exact) mass is 265 g/mol. The van der Waals surface area contributed by atoms with E-state index in [1.54, 1.807) is 18.2 Å². The first-order chi connectivity index (χ1) is 9.04. The van der Waals surface area contributed by atoms with Crippen LogP contribution in [0.3, 0.4) is 0 Å². The number of carbonyl (C=O) groups is 1. The van der Waals surface area contributed by atoms with Crippen molar-refractivity contribution < 1.29 is 19.4 Å². The molecule has 0 saturated carbocycles. The fraction of sp³-hybridized carbons (Fsp3) is 0.500. The van der Waals surface area contributed by atoms with Gasteiger partial charge < -0.3 is 14.6 Å². The lowest BCUT2D eigenvalue weighted by Gasteiger charge is -2.34. The Morgan fingerprint density at radius 2 is 2.11 bits per heavy atom. The van der Waals surface area contributed by atoms with Crippen molar-refractivity contribution in [3.63, 3.8) is 0 Å². The van der Waals surface area contributed by atoms with Gasteiger partial charge in [-0.3, -0.25) is 4.90 Å². The average Bonchev–Trinajstić information content (AvgIpc) is 2.35. The van der Waals surface area contributed by atoms with Crippen molar-refractivity contribution in [1.82, 2.24) is 4.90 Å². The minimum Gasteiger partial charge on any atom is -0.478 e. The Bertz CT molecular complexity index is 439. The zero-order valence-corrected chi connectivity index (χ0v) is 11.2. The minimum atomic E-state index is -0.945. The van der Waals surface area contributed by atoms with E-state index < -0.39 is 5.97 Å². The van der Waals surface area contributed by atoms with Crippen LogP contribution >= 0.6 is 0 Å². The second-order valence-electron chi connectivity index (χ2n) is 4.90. The quantitative estimate of drug-likeness (QED) is 0.900. The Kier molecular flexibility index (Phi) is 4.39. The van der Waals surface area contributed by atoms with E-state index in [0.717, 1.165) is 13.1 Å². The van der Waals surface area contributed by atoms with Crippen molar-refractivity contribution in [2.45, 2.75) is 26.1 Å². The Balaban J connectivity index is 1.91. The van der Waals surface area contributed by atoms with Gasteiger partial charge in [0.15, 0.2) is 0 Å². The number of morpholine rings is 1. The minimum absolute atomic E-state index is 0.192. The van der Waals surface area contributed by atoms with Crippen LogP contribution in [0, 0.1) is 0 Å². The number of hydrogen-bond acceptors (Lipinski definition) is 4. The number of rotatable bonds is 4. The summed E-state index contributed by atoms with van der Waals surface area (Å²) in [4.78, 5) is 13.0. The highest BCUT2D eigenvalue weighted by Gasteiger charge is 2.22. The first-order valence-corrected chi connectivity index (χ1v) is 6.38. The molecule has 0 aromatic heterocycles. The van der Waals surface area contributed by atoms with Crippen molar-refractivity contribution >= 4 is 5.97 Å². The largest absolute Gasteiger partial charge is 0.478 e. The maximum Gasteiger partial charge on any atom is 0.335 e. The molecule has 19 heavy (non-hydrogen) atoms. The molecule has 1 aliphatic rings. The summed E-state index contributed by atoms with van der Waals surface area (Å²) >= 11 is 0. The van der Waals surface area contributed by atoms with E-state index >= 15 is 0 Å². The number of ether oxygens (including phenoxy) is 2. The molecule has 5 nitrogen and oxygen atoms in total. The maximum atomic E-state index is 10.9. The molecule has 1 fully saturated rings. The lowest BCUT2D eigenvalue weighted by Crippen LogP contribution is -2.46. The highest BCUT2D eigenvalue weighted by molar-refractivity contribution is 5.87. The summed E-state index contributed by atoms with van der Waals surface area (Å²) in [6.07, 6.45) is 0.385. The molecule has 1 heterocycles. The van der Waals surface area contributed by atoms with Crippen molar-refractivity contribution in [2.75, 3.05) is 19.8 Å². The molecule has 1 aromatic rings. The van der Waals surface area contributed by atoms with Crippen LogP contribution in [0.15, 0.2) is 24.3 Å². The number of carboxylic acid groups (broad SMARTS) is 1. The van der Waals surface area contributed by atoms with E-state index in [9.17, 15) is 4.79 Å². The number of nitrogens with zero attached hydrogens (tertiary/aromatic N) is 1. The first-order valence-electron chi connectivity index (χ1n) is 6.38. The molecule has 2 atom stereocenters. The van der Waals surface area contributed by atoms with Gasteiger partial charge in [0.25, 0.3) is 0 Å². The fourth-order valence-electron chi connectivity index (χ4n) is 2.27. The van der Waals surface area contributed by atoms with Crippen LogP contribution in [0.5, 0.6) is 5.75 Å². The normalized spacial score (nSPS) is 24.1. The molecule has 0 bridgehead atoms.